The molecule has 0 heterocycles. The number of hydrogen-bond donors (Lipinski definition) is 0. The molecule has 0 aromatic heterocycles. The molecule has 2 aromatic carbocycles. The third kappa shape index (κ3) is 1.66. The summed E-state index contributed by atoms with van der Waals surface area (Å²) in [7, 11) is 0. The second kappa shape index (κ2) is 4.88. The number of aliphatic imine (C=N–C) groups is 2. The zero-order valence-electron chi connectivity index (χ0n) is 12.9. The molecule has 1 aliphatic carbocycles. The zero-order chi connectivity index (χ0) is 16.0. The van der Waals surface area contributed by atoms with Crippen LogP contribution in [0.4, 0.5) is 11.4 Å². The molecule has 0 fully saturated rings. The Kier molecular flexibility index (Phi) is 3.14. The van der Waals surface area contributed by atoms with Crippen molar-refractivity contribution >= 4 is 23.5 Å². The van der Waals surface area contributed by atoms with Crippen LogP contribution in [-0.4, -0.2) is 12.2 Å². The van der Waals surface area contributed by atoms with Crippen LogP contribution in [-0.2, 0) is 9.59 Å². The lowest BCUT2D eigenvalue weighted by atomic mass is 9.72. The number of rotatable bonds is 2. The van der Waals surface area contributed by atoms with Gasteiger partial charge in [-0.3, -0.25) is 0 Å². The number of carbonyl (C=O) groups excluding carboxylic acids is 2. The highest BCUT2D eigenvalue weighted by Crippen LogP contribution is 2.58. The van der Waals surface area contributed by atoms with Crippen LogP contribution in [0, 0.1) is 27.7 Å². The molecule has 0 spiro atoms. The van der Waals surface area contributed by atoms with E-state index in [1.54, 1.807) is 12.1 Å². The molecule has 0 saturated heterocycles. The lowest BCUT2D eigenvalue weighted by Gasteiger charge is -2.32. The highest BCUT2D eigenvalue weighted by Gasteiger charge is 2.32. The summed E-state index contributed by atoms with van der Waals surface area (Å²) >= 11 is 0. The first kappa shape index (κ1) is 14.2. The first-order chi connectivity index (χ1) is 10.5. The molecule has 0 aliphatic heterocycles. The Morgan fingerprint density at radius 2 is 1.32 bits per heavy atom. The summed E-state index contributed by atoms with van der Waals surface area (Å²) in [5.74, 6) is 0. The molecule has 0 N–H and O–H groups in total. The second-order valence-electron chi connectivity index (χ2n) is 5.51. The van der Waals surface area contributed by atoms with Crippen LogP contribution in [0.15, 0.2) is 22.1 Å². The van der Waals surface area contributed by atoms with Crippen LogP contribution >= 0.6 is 0 Å². The molecule has 3 rings (SSSR count). The summed E-state index contributed by atoms with van der Waals surface area (Å²) < 4.78 is 0. The van der Waals surface area contributed by atoms with Crippen molar-refractivity contribution in [3.05, 3.63) is 34.4 Å². The van der Waals surface area contributed by atoms with Crippen molar-refractivity contribution in [1.29, 1.82) is 0 Å². The van der Waals surface area contributed by atoms with Gasteiger partial charge < -0.3 is 0 Å². The van der Waals surface area contributed by atoms with E-state index < -0.39 is 0 Å². The zero-order valence-corrected chi connectivity index (χ0v) is 12.9. The van der Waals surface area contributed by atoms with Gasteiger partial charge in [-0.2, -0.15) is 9.98 Å². The summed E-state index contributed by atoms with van der Waals surface area (Å²) in [5, 5.41) is 0. The summed E-state index contributed by atoms with van der Waals surface area (Å²) in [5.41, 5.74) is 9.85. The first-order valence-corrected chi connectivity index (χ1v) is 6.96. The van der Waals surface area contributed by atoms with Gasteiger partial charge in [-0.25, -0.2) is 9.59 Å². The SMILES string of the molecule is Cc1c(C)c(C)c2c(c1C)-c1ccc(N=C=O)c(N=C=O)c1-2. The van der Waals surface area contributed by atoms with Gasteiger partial charge in [0.15, 0.2) is 0 Å². The van der Waals surface area contributed by atoms with Crippen LogP contribution in [0.2, 0.25) is 0 Å². The van der Waals surface area contributed by atoms with Crippen LogP contribution in [0.1, 0.15) is 22.3 Å². The van der Waals surface area contributed by atoms with Gasteiger partial charge in [0, 0.05) is 5.56 Å². The average molecular weight is 290 g/mol. The fraction of sp³-hybridized carbons (Fsp3) is 0.222. The molecular weight excluding hydrogens is 276 g/mol. The Bertz CT molecular complexity index is 929. The van der Waals surface area contributed by atoms with Crippen molar-refractivity contribution in [3.8, 4) is 22.3 Å². The molecule has 4 heteroatoms. The second-order valence-corrected chi connectivity index (χ2v) is 5.51. The van der Waals surface area contributed by atoms with E-state index in [9.17, 15) is 9.59 Å². The number of nitrogens with zero attached hydrogens (tertiary/aromatic N) is 2. The van der Waals surface area contributed by atoms with E-state index in [4.69, 9.17) is 0 Å². The minimum absolute atomic E-state index is 0.345. The number of benzene rings is 2. The molecule has 4 nitrogen and oxygen atoms in total. The third-order valence-corrected chi connectivity index (χ3v) is 4.69. The van der Waals surface area contributed by atoms with Gasteiger partial charge >= 0.3 is 0 Å². The van der Waals surface area contributed by atoms with Gasteiger partial charge in [-0.1, -0.05) is 6.07 Å². The maximum Gasteiger partial charge on any atom is 0.240 e. The van der Waals surface area contributed by atoms with E-state index >= 15 is 0 Å². The van der Waals surface area contributed by atoms with E-state index in [0.717, 1.165) is 16.7 Å². The molecule has 0 unspecified atom stereocenters. The maximum atomic E-state index is 10.8. The van der Waals surface area contributed by atoms with Gasteiger partial charge in [-0.05, 0) is 72.7 Å². The largest absolute Gasteiger partial charge is 0.240 e. The van der Waals surface area contributed by atoms with Gasteiger partial charge in [0.05, 0.1) is 0 Å². The lowest BCUT2D eigenvalue weighted by Crippen LogP contribution is -2.08. The van der Waals surface area contributed by atoms with E-state index in [1.807, 2.05) is 6.07 Å². The van der Waals surface area contributed by atoms with Crippen molar-refractivity contribution in [1.82, 2.24) is 0 Å². The van der Waals surface area contributed by atoms with Crippen molar-refractivity contribution < 1.29 is 9.59 Å². The van der Waals surface area contributed by atoms with Crippen LogP contribution in [0.5, 0.6) is 0 Å². The molecule has 1 aliphatic rings. The lowest BCUT2D eigenvalue weighted by molar-refractivity contribution is 0.564. The Labute approximate surface area is 128 Å². The van der Waals surface area contributed by atoms with Crippen molar-refractivity contribution in [2.24, 2.45) is 9.98 Å². The van der Waals surface area contributed by atoms with Crippen molar-refractivity contribution in [3.63, 3.8) is 0 Å². The minimum Gasteiger partial charge on any atom is -0.211 e. The smallest absolute Gasteiger partial charge is 0.211 e. The monoisotopic (exact) mass is 290 g/mol. The van der Waals surface area contributed by atoms with Crippen molar-refractivity contribution in [2.75, 3.05) is 0 Å². The fourth-order valence-electron chi connectivity index (χ4n) is 3.24. The fourth-order valence-corrected chi connectivity index (χ4v) is 3.24. The van der Waals surface area contributed by atoms with E-state index in [1.165, 1.54) is 33.9 Å². The normalized spacial score (nSPS) is 10.7. The van der Waals surface area contributed by atoms with Crippen LogP contribution in [0.25, 0.3) is 22.3 Å². The Balaban J connectivity index is 2.42. The molecule has 0 amide bonds. The van der Waals surface area contributed by atoms with E-state index in [2.05, 4.69) is 37.7 Å². The molecule has 0 atom stereocenters. The molecular formula is C18H14N2O2. The van der Waals surface area contributed by atoms with E-state index in [-0.39, 0.29) is 0 Å². The topological polar surface area (TPSA) is 58.9 Å². The third-order valence-electron chi connectivity index (χ3n) is 4.69. The maximum absolute atomic E-state index is 10.8. The molecule has 22 heavy (non-hydrogen) atoms. The van der Waals surface area contributed by atoms with Gasteiger partial charge in [0.1, 0.15) is 11.4 Å². The van der Waals surface area contributed by atoms with Crippen LogP contribution < -0.4 is 0 Å². The van der Waals surface area contributed by atoms with Gasteiger partial charge in [0.2, 0.25) is 12.2 Å². The Hall–Kier alpha value is -2.80. The molecule has 0 bridgehead atoms. The highest BCUT2D eigenvalue weighted by molar-refractivity contribution is 6.12. The van der Waals surface area contributed by atoms with Crippen molar-refractivity contribution in [2.45, 2.75) is 27.7 Å². The summed E-state index contributed by atoms with van der Waals surface area (Å²) in [6.07, 6.45) is 3.07. The number of hydrogen-bond acceptors (Lipinski definition) is 4. The van der Waals surface area contributed by atoms with Crippen LogP contribution in [0.3, 0.4) is 0 Å². The quantitative estimate of drug-likeness (QED) is 0.515. The van der Waals surface area contributed by atoms with E-state index in [0.29, 0.717) is 11.4 Å². The van der Waals surface area contributed by atoms with Gasteiger partial charge in [0.25, 0.3) is 0 Å². The Morgan fingerprint density at radius 3 is 1.91 bits per heavy atom. The minimum atomic E-state index is 0.345. The summed E-state index contributed by atoms with van der Waals surface area (Å²) in [6.45, 7) is 8.37. The molecule has 0 saturated carbocycles. The average Bonchev–Trinajstić information content (AvgIpc) is 2.48. The summed E-state index contributed by atoms with van der Waals surface area (Å²) in [4.78, 5) is 28.8. The molecule has 2 aromatic rings. The predicted octanol–water partition coefficient (Wildman–Crippen LogP) is 4.50. The number of fused-ring (bicyclic) bond motifs is 4. The summed E-state index contributed by atoms with van der Waals surface area (Å²) in [6, 6.07) is 3.60. The highest BCUT2D eigenvalue weighted by atomic mass is 16.1. The molecule has 0 radical (unpaired) electrons. The predicted molar refractivity (Wildman–Crippen MR) is 85.4 cm³/mol. The Morgan fingerprint density at radius 1 is 0.727 bits per heavy atom. The standard InChI is InChI=1S/C18H14N2O2/c1-9-10(2)12(4)16-15(11(9)3)13-5-6-14(19-7-21)18(17(13)16)20-8-22/h5-6H,1-4H3. The first-order valence-electron chi connectivity index (χ1n) is 6.96. The van der Waals surface area contributed by atoms with Gasteiger partial charge in [-0.15, -0.1) is 0 Å². The molecule has 108 valence electrons. The number of isocyanates is 2.